The molecule has 0 saturated carbocycles. The number of methoxy groups -OCH3 is 2. The molecule has 0 aromatic heterocycles. The molecule has 116 valence electrons. The Morgan fingerprint density at radius 2 is 1.86 bits per heavy atom. The third-order valence-corrected chi connectivity index (χ3v) is 3.76. The van der Waals surface area contributed by atoms with Crippen LogP contribution in [-0.4, -0.2) is 20.2 Å². The van der Waals surface area contributed by atoms with Crippen molar-refractivity contribution in [2.45, 2.75) is 6.61 Å². The topological polar surface area (TPSA) is 44.8 Å². The van der Waals surface area contributed by atoms with E-state index in [9.17, 15) is 4.79 Å². The highest BCUT2D eigenvalue weighted by Gasteiger charge is 2.16. The molecule has 0 saturated heterocycles. The number of halogens is 2. The van der Waals surface area contributed by atoms with Gasteiger partial charge in [-0.1, -0.05) is 39.7 Å². The van der Waals surface area contributed by atoms with Crippen molar-refractivity contribution in [3.8, 4) is 11.5 Å². The summed E-state index contributed by atoms with van der Waals surface area (Å²) < 4.78 is 16.6. The maximum Gasteiger partial charge on any atom is 0.338 e. The standard InChI is InChI=1S/C16H14BrClO4/c1-20-14-8-11(16(19)21-2)7-13(18)15(14)22-9-10-3-5-12(17)6-4-10/h3-8H,9H2,1-2H3. The van der Waals surface area contributed by atoms with Gasteiger partial charge in [-0.15, -0.1) is 0 Å². The summed E-state index contributed by atoms with van der Waals surface area (Å²) in [6.07, 6.45) is 0. The Kier molecular flexibility index (Phi) is 5.69. The maximum atomic E-state index is 11.6. The monoisotopic (exact) mass is 384 g/mol. The zero-order chi connectivity index (χ0) is 16.1. The van der Waals surface area contributed by atoms with Gasteiger partial charge in [-0.25, -0.2) is 4.79 Å². The second-order valence-electron chi connectivity index (χ2n) is 4.40. The van der Waals surface area contributed by atoms with Crippen LogP contribution in [0.4, 0.5) is 0 Å². The normalized spacial score (nSPS) is 10.2. The average molecular weight is 386 g/mol. The van der Waals surface area contributed by atoms with E-state index in [0.29, 0.717) is 23.7 Å². The van der Waals surface area contributed by atoms with Crippen LogP contribution in [0.2, 0.25) is 5.02 Å². The molecule has 0 aliphatic heterocycles. The predicted octanol–water partition coefficient (Wildman–Crippen LogP) is 4.48. The molecule has 0 bridgehead atoms. The Balaban J connectivity index is 2.23. The minimum Gasteiger partial charge on any atom is -0.493 e. The molecule has 0 amide bonds. The summed E-state index contributed by atoms with van der Waals surface area (Å²) in [5.41, 5.74) is 1.29. The van der Waals surface area contributed by atoms with Crippen LogP contribution >= 0.6 is 27.5 Å². The molecule has 0 unspecified atom stereocenters. The van der Waals surface area contributed by atoms with Crippen molar-refractivity contribution >= 4 is 33.5 Å². The molecule has 4 nitrogen and oxygen atoms in total. The molecule has 0 spiro atoms. The summed E-state index contributed by atoms with van der Waals surface area (Å²) in [5, 5.41) is 0.289. The third kappa shape index (κ3) is 3.93. The Morgan fingerprint density at radius 3 is 2.45 bits per heavy atom. The predicted molar refractivity (Wildman–Crippen MR) is 87.8 cm³/mol. The van der Waals surface area contributed by atoms with E-state index in [1.165, 1.54) is 26.4 Å². The summed E-state index contributed by atoms with van der Waals surface area (Å²) >= 11 is 9.56. The summed E-state index contributed by atoms with van der Waals surface area (Å²) in [6.45, 7) is 0.334. The van der Waals surface area contributed by atoms with Crippen LogP contribution in [-0.2, 0) is 11.3 Å². The van der Waals surface area contributed by atoms with Crippen LogP contribution in [0.1, 0.15) is 15.9 Å². The highest BCUT2D eigenvalue weighted by atomic mass is 79.9. The lowest BCUT2D eigenvalue weighted by molar-refractivity contribution is 0.0600. The van der Waals surface area contributed by atoms with E-state index in [0.717, 1.165) is 10.0 Å². The number of hydrogen-bond acceptors (Lipinski definition) is 4. The van der Waals surface area contributed by atoms with Crippen LogP contribution in [0.15, 0.2) is 40.9 Å². The third-order valence-electron chi connectivity index (χ3n) is 2.95. The van der Waals surface area contributed by atoms with Gasteiger partial charge >= 0.3 is 5.97 Å². The zero-order valence-corrected chi connectivity index (χ0v) is 14.4. The van der Waals surface area contributed by atoms with Gasteiger partial charge < -0.3 is 14.2 Å². The van der Waals surface area contributed by atoms with Crippen LogP contribution in [0, 0.1) is 0 Å². The lowest BCUT2D eigenvalue weighted by Gasteiger charge is -2.13. The van der Waals surface area contributed by atoms with Crippen LogP contribution in [0.3, 0.4) is 0 Å². The minimum absolute atomic E-state index is 0.289. The summed E-state index contributed by atoms with van der Waals surface area (Å²) in [4.78, 5) is 11.6. The number of carbonyl (C=O) groups excluding carboxylic acids is 1. The first-order valence-electron chi connectivity index (χ1n) is 6.38. The second kappa shape index (κ2) is 7.51. The van der Waals surface area contributed by atoms with E-state index in [2.05, 4.69) is 20.7 Å². The lowest BCUT2D eigenvalue weighted by atomic mass is 10.2. The van der Waals surface area contributed by atoms with Gasteiger partial charge in [0.1, 0.15) is 6.61 Å². The molecule has 0 heterocycles. The summed E-state index contributed by atoms with van der Waals surface area (Å²) in [5.74, 6) is 0.282. The first-order chi connectivity index (χ1) is 10.5. The van der Waals surface area contributed by atoms with E-state index in [-0.39, 0.29) is 5.02 Å². The molecule has 0 radical (unpaired) electrons. The van der Waals surface area contributed by atoms with Crippen LogP contribution < -0.4 is 9.47 Å². The average Bonchev–Trinajstić information content (AvgIpc) is 2.53. The summed E-state index contributed by atoms with van der Waals surface area (Å²) in [6, 6.07) is 10.8. The van der Waals surface area contributed by atoms with Gasteiger partial charge in [-0.2, -0.15) is 0 Å². The molecule has 2 aromatic carbocycles. The van der Waals surface area contributed by atoms with E-state index in [1.807, 2.05) is 24.3 Å². The number of esters is 1. The Labute approximate surface area is 142 Å². The van der Waals surface area contributed by atoms with Crippen LogP contribution in [0.5, 0.6) is 11.5 Å². The molecule has 2 rings (SSSR count). The molecule has 0 aliphatic rings. The van der Waals surface area contributed by atoms with E-state index >= 15 is 0 Å². The van der Waals surface area contributed by atoms with Gasteiger partial charge in [-0.05, 0) is 29.8 Å². The largest absolute Gasteiger partial charge is 0.493 e. The minimum atomic E-state index is -0.486. The number of hydrogen-bond donors (Lipinski definition) is 0. The number of ether oxygens (including phenoxy) is 3. The van der Waals surface area contributed by atoms with Gasteiger partial charge in [0.05, 0.1) is 24.8 Å². The van der Waals surface area contributed by atoms with Crippen molar-refractivity contribution < 1.29 is 19.0 Å². The van der Waals surface area contributed by atoms with Crippen molar-refractivity contribution in [3.63, 3.8) is 0 Å². The maximum absolute atomic E-state index is 11.6. The summed E-state index contributed by atoms with van der Waals surface area (Å²) in [7, 11) is 2.79. The number of rotatable bonds is 5. The molecule has 0 fully saturated rings. The molecular formula is C16H14BrClO4. The first kappa shape index (κ1) is 16.6. The van der Waals surface area contributed by atoms with Crippen molar-refractivity contribution in [1.29, 1.82) is 0 Å². The van der Waals surface area contributed by atoms with E-state index < -0.39 is 5.97 Å². The molecule has 6 heteroatoms. The Morgan fingerprint density at radius 1 is 1.18 bits per heavy atom. The van der Waals surface area contributed by atoms with Crippen molar-refractivity contribution in [2.24, 2.45) is 0 Å². The van der Waals surface area contributed by atoms with E-state index in [4.69, 9.17) is 21.1 Å². The quantitative estimate of drug-likeness (QED) is 0.712. The molecule has 22 heavy (non-hydrogen) atoms. The molecule has 0 N–H and O–H groups in total. The highest BCUT2D eigenvalue weighted by Crippen LogP contribution is 2.37. The lowest BCUT2D eigenvalue weighted by Crippen LogP contribution is -2.04. The van der Waals surface area contributed by atoms with Gasteiger partial charge in [-0.3, -0.25) is 0 Å². The van der Waals surface area contributed by atoms with Gasteiger partial charge in [0.15, 0.2) is 11.5 Å². The van der Waals surface area contributed by atoms with Gasteiger partial charge in [0.2, 0.25) is 0 Å². The fourth-order valence-corrected chi connectivity index (χ4v) is 2.36. The molecular weight excluding hydrogens is 372 g/mol. The first-order valence-corrected chi connectivity index (χ1v) is 7.55. The Bertz CT molecular complexity index is 671. The van der Waals surface area contributed by atoms with E-state index in [1.54, 1.807) is 0 Å². The van der Waals surface area contributed by atoms with Gasteiger partial charge in [0, 0.05) is 4.47 Å². The number of benzene rings is 2. The van der Waals surface area contributed by atoms with Crippen molar-refractivity contribution in [1.82, 2.24) is 0 Å². The van der Waals surface area contributed by atoms with Crippen molar-refractivity contribution in [3.05, 3.63) is 57.0 Å². The fraction of sp³-hybridized carbons (Fsp3) is 0.188. The zero-order valence-electron chi connectivity index (χ0n) is 12.1. The molecule has 2 aromatic rings. The van der Waals surface area contributed by atoms with Crippen molar-refractivity contribution in [2.75, 3.05) is 14.2 Å². The SMILES string of the molecule is COC(=O)c1cc(Cl)c(OCc2ccc(Br)cc2)c(OC)c1. The molecule has 0 aliphatic carbocycles. The van der Waals surface area contributed by atoms with Gasteiger partial charge in [0.25, 0.3) is 0 Å². The Hall–Kier alpha value is -1.72. The van der Waals surface area contributed by atoms with Crippen LogP contribution in [0.25, 0.3) is 0 Å². The fourth-order valence-electron chi connectivity index (χ4n) is 1.83. The number of carbonyl (C=O) groups is 1. The smallest absolute Gasteiger partial charge is 0.338 e. The highest BCUT2D eigenvalue weighted by molar-refractivity contribution is 9.10. The second-order valence-corrected chi connectivity index (χ2v) is 5.72. The molecule has 0 atom stereocenters.